The average Bonchev–Trinajstić information content (AvgIpc) is 2.69. The third kappa shape index (κ3) is 8.47. The molecule has 0 spiro atoms. The molecule has 152 valence electrons. The Morgan fingerprint density at radius 2 is 1.34 bits per heavy atom. The molecule has 2 aromatic rings. The summed E-state index contributed by atoms with van der Waals surface area (Å²) in [5.74, 6) is 0. The quantitative estimate of drug-likeness (QED) is 0.800. The number of carboxylic acid groups (broad SMARTS) is 1. The predicted molar refractivity (Wildman–Crippen MR) is 113 cm³/mol. The Bertz CT molecular complexity index is 854. The maximum atomic E-state index is 11.2. The molecular formula is C23H28N4O2. The van der Waals surface area contributed by atoms with Crippen LogP contribution in [0.1, 0.15) is 43.0 Å². The predicted octanol–water partition coefficient (Wildman–Crippen LogP) is 3.94. The summed E-state index contributed by atoms with van der Waals surface area (Å²) in [6, 6.07) is 18.8. The molecule has 0 unspecified atom stereocenters. The molecule has 0 heterocycles. The largest absolute Gasteiger partial charge is 0.465 e. The Morgan fingerprint density at radius 1 is 0.931 bits per heavy atom. The van der Waals surface area contributed by atoms with Gasteiger partial charge in [-0.2, -0.15) is 10.5 Å². The summed E-state index contributed by atoms with van der Waals surface area (Å²) in [4.78, 5) is 12.6. The van der Waals surface area contributed by atoms with Gasteiger partial charge in [-0.15, -0.1) is 0 Å². The van der Waals surface area contributed by atoms with Crippen LogP contribution in [0.25, 0.3) is 0 Å². The number of nitrogens with two attached hydrogens (primary N) is 1. The molecule has 1 amide bonds. The van der Waals surface area contributed by atoms with Gasteiger partial charge in [0.25, 0.3) is 0 Å². The summed E-state index contributed by atoms with van der Waals surface area (Å²) in [6.07, 6.45) is 0.622. The highest BCUT2D eigenvalue weighted by atomic mass is 16.4. The van der Waals surface area contributed by atoms with E-state index < -0.39 is 11.6 Å². The molecule has 0 aromatic heterocycles. The first-order valence-corrected chi connectivity index (χ1v) is 9.40. The Morgan fingerprint density at radius 3 is 1.66 bits per heavy atom. The van der Waals surface area contributed by atoms with E-state index in [0.717, 1.165) is 12.0 Å². The Labute approximate surface area is 172 Å². The van der Waals surface area contributed by atoms with Crippen LogP contribution < -0.4 is 5.73 Å². The topological polar surface area (TPSA) is 114 Å². The normalized spacial score (nSPS) is 10.1. The fourth-order valence-corrected chi connectivity index (χ4v) is 2.62. The smallest absolute Gasteiger partial charge is 0.407 e. The van der Waals surface area contributed by atoms with E-state index >= 15 is 0 Å². The second-order valence-electron chi connectivity index (χ2n) is 7.51. The zero-order valence-corrected chi connectivity index (χ0v) is 17.2. The minimum Gasteiger partial charge on any atom is -0.465 e. The zero-order chi connectivity index (χ0) is 21.9. The lowest BCUT2D eigenvalue weighted by atomic mass is 10.0. The number of nitriles is 2. The van der Waals surface area contributed by atoms with Crippen molar-refractivity contribution in [3.8, 4) is 12.1 Å². The van der Waals surface area contributed by atoms with E-state index in [-0.39, 0.29) is 0 Å². The van der Waals surface area contributed by atoms with Crippen molar-refractivity contribution in [2.24, 2.45) is 5.73 Å². The monoisotopic (exact) mass is 392 g/mol. The van der Waals surface area contributed by atoms with Crippen molar-refractivity contribution in [3.63, 3.8) is 0 Å². The molecule has 3 N–H and O–H groups in total. The van der Waals surface area contributed by atoms with Crippen LogP contribution in [0.4, 0.5) is 4.79 Å². The number of nitrogens with zero attached hydrogens (tertiary/aromatic N) is 3. The first kappa shape index (κ1) is 23.7. The standard InChI is InChI=1S/C14H18N2O2.C9H10N2/c1-14(2,3)16(13(17)18)9-8-11-4-6-12(10-15)7-5-11;10-6-5-8-1-3-9(7-11)4-2-8/h4-7H,8-9H2,1-3H3,(H,17,18);1-4H,5-6,10H2. The number of rotatable bonds is 5. The Kier molecular flexibility index (Phi) is 9.38. The van der Waals surface area contributed by atoms with Gasteiger partial charge < -0.3 is 15.7 Å². The van der Waals surface area contributed by atoms with Gasteiger partial charge in [0.15, 0.2) is 0 Å². The lowest BCUT2D eigenvalue weighted by Crippen LogP contribution is -2.45. The maximum Gasteiger partial charge on any atom is 0.407 e. The van der Waals surface area contributed by atoms with Gasteiger partial charge in [0, 0.05) is 12.1 Å². The molecule has 6 heteroatoms. The minimum atomic E-state index is -0.906. The molecule has 0 aliphatic heterocycles. The number of hydrogen-bond donors (Lipinski definition) is 2. The maximum absolute atomic E-state index is 11.2. The second kappa shape index (κ2) is 11.5. The molecule has 0 atom stereocenters. The number of hydrogen-bond acceptors (Lipinski definition) is 4. The van der Waals surface area contributed by atoms with Gasteiger partial charge in [0.2, 0.25) is 0 Å². The van der Waals surface area contributed by atoms with Crippen LogP contribution in [0.2, 0.25) is 0 Å². The highest BCUT2D eigenvalue weighted by molar-refractivity contribution is 5.66. The van der Waals surface area contributed by atoms with Crippen LogP contribution >= 0.6 is 0 Å². The van der Waals surface area contributed by atoms with Crippen LogP contribution in [0.15, 0.2) is 48.5 Å². The van der Waals surface area contributed by atoms with Crippen molar-refractivity contribution in [1.82, 2.24) is 4.90 Å². The van der Waals surface area contributed by atoms with Crippen molar-refractivity contribution < 1.29 is 9.90 Å². The first-order valence-electron chi connectivity index (χ1n) is 9.40. The van der Waals surface area contributed by atoms with Gasteiger partial charge >= 0.3 is 6.09 Å². The molecule has 0 saturated carbocycles. The minimum absolute atomic E-state index is 0.404. The zero-order valence-electron chi connectivity index (χ0n) is 17.2. The molecule has 2 aromatic carbocycles. The molecule has 0 bridgehead atoms. The van der Waals surface area contributed by atoms with Gasteiger partial charge in [-0.3, -0.25) is 0 Å². The third-order valence-corrected chi connectivity index (χ3v) is 4.26. The summed E-state index contributed by atoms with van der Waals surface area (Å²) in [6.45, 7) is 6.73. The Hall–Kier alpha value is -3.35. The summed E-state index contributed by atoms with van der Waals surface area (Å²) >= 11 is 0. The lowest BCUT2D eigenvalue weighted by molar-refractivity contribution is 0.101. The Balaban J connectivity index is 0.000000326. The van der Waals surface area contributed by atoms with Crippen LogP contribution in [0.5, 0.6) is 0 Å². The van der Waals surface area contributed by atoms with Crippen LogP contribution in [-0.4, -0.2) is 34.7 Å². The summed E-state index contributed by atoms with van der Waals surface area (Å²) in [7, 11) is 0. The van der Waals surface area contributed by atoms with Gasteiger partial charge in [0.1, 0.15) is 0 Å². The second-order valence-corrected chi connectivity index (χ2v) is 7.51. The summed E-state index contributed by atoms with van der Waals surface area (Å²) in [5.41, 5.74) is 8.50. The van der Waals surface area contributed by atoms with Crippen molar-refractivity contribution >= 4 is 6.09 Å². The van der Waals surface area contributed by atoms with Crippen LogP contribution in [0, 0.1) is 22.7 Å². The van der Waals surface area contributed by atoms with E-state index in [1.54, 1.807) is 12.1 Å². The first-order chi connectivity index (χ1) is 13.7. The van der Waals surface area contributed by atoms with Crippen LogP contribution in [-0.2, 0) is 12.8 Å². The van der Waals surface area contributed by atoms with E-state index in [9.17, 15) is 4.79 Å². The van der Waals surface area contributed by atoms with Gasteiger partial charge in [-0.25, -0.2) is 4.79 Å². The molecule has 0 aliphatic rings. The van der Waals surface area contributed by atoms with E-state index in [1.165, 1.54) is 10.5 Å². The van der Waals surface area contributed by atoms with Crippen molar-refractivity contribution in [2.45, 2.75) is 39.2 Å². The average molecular weight is 393 g/mol. The molecule has 29 heavy (non-hydrogen) atoms. The number of carbonyl (C=O) groups is 1. The lowest BCUT2D eigenvalue weighted by Gasteiger charge is -2.33. The highest BCUT2D eigenvalue weighted by Crippen LogP contribution is 2.15. The fraction of sp³-hybridized carbons (Fsp3) is 0.348. The van der Waals surface area contributed by atoms with Gasteiger partial charge in [0.05, 0.1) is 23.3 Å². The fourth-order valence-electron chi connectivity index (χ4n) is 2.62. The molecule has 2 rings (SSSR count). The SMILES string of the molecule is CC(C)(C)N(CCc1ccc(C#N)cc1)C(=O)O.N#Cc1ccc(CCN)cc1. The number of benzene rings is 2. The summed E-state index contributed by atoms with van der Waals surface area (Å²) in [5, 5.41) is 26.3. The summed E-state index contributed by atoms with van der Waals surface area (Å²) < 4.78 is 0. The van der Waals surface area contributed by atoms with E-state index in [2.05, 4.69) is 12.1 Å². The highest BCUT2D eigenvalue weighted by Gasteiger charge is 2.25. The van der Waals surface area contributed by atoms with Gasteiger partial charge in [-0.05, 0) is 75.5 Å². The molecular weight excluding hydrogens is 364 g/mol. The molecule has 0 saturated heterocycles. The molecule has 0 radical (unpaired) electrons. The van der Waals surface area contributed by atoms with E-state index in [1.807, 2.05) is 57.2 Å². The van der Waals surface area contributed by atoms with Crippen LogP contribution in [0.3, 0.4) is 0 Å². The van der Waals surface area contributed by atoms with E-state index in [4.69, 9.17) is 21.4 Å². The van der Waals surface area contributed by atoms with Crippen molar-refractivity contribution in [1.29, 1.82) is 10.5 Å². The third-order valence-electron chi connectivity index (χ3n) is 4.26. The molecule has 0 aliphatic carbocycles. The number of amides is 1. The van der Waals surface area contributed by atoms with E-state index in [0.29, 0.717) is 30.6 Å². The van der Waals surface area contributed by atoms with Crippen molar-refractivity contribution in [2.75, 3.05) is 13.1 Å². The van der Waals surface area contributed by atoms with Crippen molar-refractivity contribution in [3.05, 3.63) is 70.8 Å². The van der Waals surface area contributed by atoms with Gasteiger partial charge in [-0.1, -0.05) is 24.3 Å². The molecule has 0 fully saturated rings. The molecule has 6 nitrogen and oxygen atoms in total.